The van der Waals surface area contributed by atoms with E-state index in [9.17, 15) is 0 Å². The maximum absolute atomic E-state index is 5.87. The van der Waals surface area contributed by atoms with Gasteiger partial charge in [-0.2, -0.15) is 0 Å². The normalized spacial score (nSPS) is 20.9. The molecule has 1 saturated heterocycles. The molecule has 2 aliphatic rings. The van der Waals surface area contributed by atoms with E-state index in [4.69, 9.17) is 14.5 Å². The Balaban J connectivity index is 1.47. The van der Waals surface area contributed by atoms with E-state index in [0.717, 1.165) is 64.0 Å². The van der Waals surface area contributed by atoms with Gasteiger partial charge in [-0.05, 0) is 57.9 Å². The van der Waals surface area contributed by atoms with Gasteiger partial charge in [0.25, 0.3) is 0 Å². The first-order valence-corrected chi connectivity index (χ1v) is 8.75. The predicted octanol–water partition coefficient (Wildman–Crippen LogP) is 2.67. The van der Waals surface area contributed by atoms with Crippen molar-refractivity contribution in [2.45, 2.75) is 57.5 Å². The van der Waals surface area contributed by atoms with Crippen LogP contribution in [0, 0.1) is 0 Å². The molecule has 0 saturated carbocycles. The quantitative estimate of drug-likeness (QED) is 0.787. The average molecular weight is 304 g/mol. The van der Waals surface area contributed by atoms with Crippen molar-refractivity contribution in [2.75, 3.05) is 26.8 Å². The topological polar surface area (TPSA) is 43.4 Å². The van der Waals surface area contributed by atoms with Crippen molar-refractivity contribution in [2.24, 2.45) is 0 Å². The number of rotatable bonds is 7. The Morgan fingerprint density at radius 1 is 1.27 bits per heavy atom. The van der Waals surface area contributed by atoms with Gasteiger partial charge >= 0.3 is 0 Å². The second-order valence-corrected chi connectivity index (χ2v) is 6.39. The van der Waals surface area contributed by atoms with Gasteiger partial charge in [-0.1, -0.05) is 0 Å². The highest BCUT2D eigenvalue weighted by Crippen LogP contribution is 2.29. The molecule has 3 rings (SSSR count). The molecule has 0 amide bonds. The highest BCUT2D eigenvalue weighted by Gasteiger charge is 2.17. The first kappa shape index (κ1) is 15.8. The zero-order valence-corrected chi connectivity index (χ0v) is 13.7. The maximum Gasteiger partial charge on any atom is 0.125 e. The monoisotopic (exact) mass is 304 g/mol. The van der Waals surface area contributed by atoms with Crippen LogP contribution in [0.5, 0.6) is 5.75 Å². The second kappa shape index (κ2) is 7.93. The van der Waals surface area contributed by atoms with E-state index in [1.165, 1.54) is 29.8 Å². The fourth-order valence-corrected chi connectivity index (χ4v) is 3.46. The molecule has 0 unspecified atom stereocenters. The van der Waals surface area contributed by atoms with E-state index < -0.39 is 0 Å². The Kier molecular flexibility index (Phi) is 5.68. The average Bonchev–Trinajstić information content (AvgIpc) is 3.07. The minimum Gasteiger partial charge on any atom is -0.496 e. The minimum atomic E-state index is 0.432. The fourth-order valence-electron chi connectivity index (χ4n) is 3.46. The number of aromatic nitrogens is 1. The summed E-state index contributed by atoms with van der Waals surface area (Å²) in [5.41, 5.74) is 3.79. The molecule has 4 nitrogen and oxygen atoms in total. The molecule has 1 aliphatic heterocycles. The second-order valence-electron chi connectivity index (χ2n) is 6.39. The van der Waals surface area contributed by atoms with Crippen LogP contribution in [0.15, 0.2) is 6.07 Å². The van der Waals surface area contributed by atoms with E-state index in [-0.39, 0.29) is 0 Å². The highest BCUT2D eigenvalue weighted by atomic mass is 16.5. The number of nitrogens with zero attached hydrogens (tertiary/aromatic N) is 1. The lowest BCUT2D eigenvalue weighted by Crippen LogP contribution is -2.17. The van der Waals surface area contributed by atoms with Crippen LogP contribution in [0.25, 0.3) is 0 Å². The van der Waals surface area contributed by atoms with Crippen LogP contribution in [0.3, 0.4) is 0 Å². The first-order valence-electron chi connectivity index (χ1n) is 8.75. The van der Waals surface area contributed by atoms with Gasteiger partial charge in [-0.25, -0.2) is 0 Å². The van der Waals surface area contributed by atoms with Gasteiger partial charge < -0.3 is 14.8 Å². The van der Waals surface area contributed by atoms with Crippen LogP contribution in [-0.2, 0) is 24.0 Å². The van der Waals surface area contributed by atoms with E-state index in [0.29, 0.717) is 6.10 Å². The van der Waals surface area contributed by atoms with Gasteiger partial charge in [0.05, 0.1) is 13.2 Å². The van der Waals surface area contributed by atoms with Crippen molar-refractivity contribution in [3.8, 4) is 5.75 Å². The molecule has 0 bridgehead atoms. The molecule has 1 fully saturated rings. The van der Waals surface area contributed by atoms with E-state index in [2.05, 4.69) is 11.4 Å². The van der Waals surface area contributed by atoms with Gasteiger partial charge in [-0.15, -0.1) is 0 Å². The Bertz CT molecular complexity index is 467. The van der Waals surface area contributed by atoms with Crippen molar-refractivity contribution in [3.05, 3.63) is 23.0 Å². The number of pyridine rings is 1. The molecule has 2 heterocycles. The zero-order valence-electron chi connectivity index (χ0n) is 13.7. The molecule has 1 atom stereocenters. The van der Waals surface area contributed by atoms with Gasteiger partial charge in [0.1, 0.15) is 5.75 Å². The lowest BCUT2D eigenvalue weighted by molar-refractivity contribution is 0.0645. The molecule has 122 valence electrons. The number of ether oxygens (including phenoxy) is 2. The molecule has 0 aromatic carbocycles. The molecule has 0 radical (unpaired) electrons. The molecule has 1 aliphatic carbocycles. The summed E-state index contributed by atoms with van der Waals surface area (Å²) in [6.45, 7) is 2.99. The number of hydrogen-bond donors (Lipinski definition) is 1. The van der Waals surface area contributed by atoms with Crippen molar-refractivity contribution < 1.29 is 9.47 Å². The Morgan fingerprint density at radius 2 is 2.18 bits per heavy atom. The van der Waals surface area contributed by atoms with Gasteiger partial charge in [0, 0.05) is 36.2 Å². The molecule has 1 aromatic rings. The van der Waals surface area contributed by atoms with Gasteiger partial charge in [0.15, 0.2) is 0 Å². The summed E-state index contributed by atoms with van der Waals surface area (Å²) in [4.78, 5) is 4.87. The highest BCUT2D eigenvalue weighted by molar-refractivity contribution is 5.39. The summed E-state index contributed by atoms with van der Waals surface area (Å²) in [5, 5.41) is 3.33. The van der Waals surface area contributed by atoms with Crippen molar-refractivity contribution in [3.63, 3.8) is 0 Å². The molecular formula is C18H28N2O2. The third-order valence-electron chi connectivity index (χ3n) is 4.73. The van der Waals surface area contributed by atoms with Crippen molar-refractivity contribution in [1.29, 1.82) is 0 Å². The summed E-state index contributed by atoms with van der Waals surface area (Å²) < 4.78 is 11.4. The van der Waals surface area contributed by atoms with Crippen LogP contribution < -0.4 is 10.1 Å². The van der Waals surface area contributed by atoms with E-state index in [1.807, 2.05) is 0 Å². The number of methoxy groups -OCH3 is 1. The number of hydrogen-bond acceptors (Lipinski definition) is 4. The molecular weight excluding hydrogens is 276 g/mol. The number of unbranched alkanes of at least 4 members (excludes halogenated alkanes) is 1. The standard InChI is InChI=1S/C18H28N2O2/c1-21-18-12-14(20-17-8-3-2-7-16(17)18)6-4-5-11-22-15-9-10-19-13-15/h12,15,19H,2-11,13H2,1H3/t15-/m1/s1. The van der Waals surface area contributed by atoms with E-state index in [1.54, 1.807) is 7.11 Å². The van der Waals surface area contributed by atoms with Crippen molar-refractivity contribution in [1.82, 2.24) is 10.3 Å². The molecule has 4 heteroatoms. The van der Waals surface area contributed by atoms with Crippen LogP contribution in [0.4, 0.5) is 0 Å². The lowest BCUT2D eigenvalue weighted by Gasteiger charge is -2.19. The van der Waals surface area contributed by atoms with Crippen LogP contribution >= 0.6 is 0 Å². The maximum atomic E-state index is 5.87. The number of aryl methyl sites for hydroxylation is 2. The SMILES string of the molecule is COc1cc(CCCCO[C@@H]2CCNC2)nc2c1CCCC2. The Labute approximate surface area is 133 Å². The third kappa shape index (κ3) is 3.99. The number of fused-ring (bicyclic) bond motifs is 1. The minimum absolute atomic E-state index is 0.432. The van der Waals surface area contributed by atoms with Gasteiger partial charge in [-0.3, -0.25) is 4.98 Å². The fraction of sp³-hybridized carbons (Fsp3) is 0.722. The molecule has 0 spiro atoms. The largest absolute Gasteiger partial charge is 0.496 e. The first-order chi connectivity index (χ1) is 10.9. The third-order valence-corrected chi connectivity index (χ3v) is 4.73. The number of nitrogens with one attached hydrogen (secondary N) is 1. The smallest absolute Gasteiger partial charge is 0.125 e. The predicted molar refractivity (Wildman–Crippen MR) is 87.6 cm³/mol. The molecule has 1 aromatic heterocycles. The summed E-state index contributed by atoms with van der Waals surface area (Å²) in [5.74, 6) is 1.05. The van der Waals surface area contributed by atoms with Crippen LogP contribution in [0.1, 0.15) is 49.1 Å². The van der Waals surface area contributed by atoms with Crippen LogP contribution in [0.2, 0.25) is 0 Å². The van der Waals surface area contributed by atoms with Crippen molar-refractivity contribution >= 4 is 0 Å². The Morgan fingerprint density at radius 3 is 3.00 bits per heavy atom. The summed E-state index contributed by atoms with van der Waals surface area (Å²) in [7, 11) is 1.78. The molecule has 22 heavy (non-hydrogen) atoms. The summed E-state index contributed by atoms with van der Waals surface area (Å²) >= 11 is 0. The van der Waals surface area contributed by atoms with E-state index >= 15 is 0 Å². The molecule has 1 N–H and O–H groups in total. The Hall–Kier alpha value is -1.13. The summed E-state index contributed by atoms with van der Waals surface area (Å²) in [6.07, 6.45) is 9.61. The lowest BCUT2D eigenvalue weighted by atomic mass is 9.94. The van der Waals surface area contributed by atoms with Crippen LogP contribution in [-0.4, -0.2) is 37.9 Å². The zero-order chi connectivity index (χ0) is 15.2. The van der Waals surface area contributed by atoms with Gasteiger partial charge in [0.2, 0.25) is 0 Å². The summed E-state index contributed by atoms with van der Waals surface area (Å²) in [6, 6.07) is 2.14.